The van der Waals surface area contributed by atoms with Gasteiger partial charge >= 0.3 is 12.1 Å². The van der Waals surface area contributed by atoms with Gasteiger partial charge in [-0.3, -0.25) is 9.69 Å². The third-order valence-corrected chi connectivity index (χ3v) is 3.71. The van der Waals surface area contributed by atoms with Crippen molar-refractivity contribution in [2.24, 2.45) is 5.73 Å². The molecule has 1 aliphatic rings. The summed E-state index contributed by atoms with van der Waals surface area (Å²) < 4.78 is 5.46. The van der Waals surface area contributed by atoms with Crippen molar-refractivity contribution < 1.29 is 19.4 Å². The number of anilines is 1. The van der Waals surface area contributed by atoms with Gasteiger partial charge in [0.1, 0.15) is 5.60 Å². The van der Waals surface area contributed by atoms with E-state index in [-0.39, 0.29) is 6.42 Å². The van der Waals surface area contributed by atoms with E-state index in [4.69, 9.17) is 15.6 Å². The predicted octanol–water partition coefficient (Wildman–Crippen LogP) is 2.85. The van der Waals surface area contributed by atoms with Gasteiger partial charge in [0.2, 0.25) is 0 Å². The van der Waals surface area contributed by atoms with E-state index >= 15 is 0 Å². The Kier molecular flexibility index (Phi) is 4.94. The van der Waals surface area contributed by atoms with Gasteiger partial charge in [0.15, 0.2) is 0 Å². The van der Waals surface area contributed by atoms with Crippen LogP contribution in [0.5, 0.6) is 0 Å². The Morgan fingerprint density at radius 2 is 2.09 bits per heavy atom. The zero-order valence-electron chi connectivity index (χ0n) is 13.8. The number of nitrogens with two attached hydrogens (primary N) is 1. The second kappa shape index (κ2) is 6.58. The first kappa shape index (κ1) is 17.3. The number of fused-ring (bicyclic) bond motifs is 1. The molecule has 1 aromatic rings. The zero-order valence-corrected chi connectivity index (χ0v) is 13.8. The van der Waals surface area contributed by atoms with E-state index in [0.29, 0.717) is 13.0 Å². The minimum Gasteiger partial charge on any atom is -0.481 e. The molecule has 6 heteroatoms. The number of hydrogen-bond acceptors (Lipinski definition) is 4. The normalized spacial score (nSPS) is 15.2. The number of aliphatic carboxylic acids is 1. The second-order valence-corrected chi connectivity index (χ2v) is 6.78. The lowest BCUT2D eigenvalue weighted by molar-refractivity contribution is -0.137. The summed E-state index contributed by atoms with van der Waals surface area (Å²) in [7, 11) is 0. The maximum absolute atomic E-state index is 12.4. The lowest BCUT2D eigenvalue weighted by Gasteiger charge is -2.27. The van der Waals surface area contributed by atoms with Gasteiger partial charge in [-0.15, -0.1) is 0 Å². The molecule has 1 heterocycles. The Bertz CT molecular complexity index is 607. The van der Waals surface area contributed by atoms with Crippen LogP contribution in [0.2, 0.25) is 0 Å². The van der Waals surface area contributed by atoms with Gasteiger partial charge in [0, 0.05) is 19.0 Å². The SMILES string of the molecule is CC(C)(C)OC(=O)N1CCc2cccc(C(N)CCC(=O)O)c21. The van der Waals surface area contributed by atoms with Gasteiger partial charge in [0.25, 0.3) is 0 Å². The first-order valence-electron chi connectivity index (χ1n) is 7.78. The van der Waals surface area contributed by atoms with E-state index < -0.39 is 23.7 Å². The molecule has 1 atom stereocenters. The van der Waals surface area contributed by atoms with Gasteiger partial charge < -0.3 is 15.6 Å². The summed E-state index contributed by atoms with van der Waals surface area (Å²) in [6.07, 6.45) is 0.674. The summed E-state index contributed by atoms with van der Waals surface area (Å²) in [6.45, 7) is 6.03. The van der Waals surface area contributed by atoms with Crippen molar-refractivity contribution in [1.82, 2.24) is 0 Å². The number of hydrogen-bond donors (Lipinski definition) is 2. The molecule has 0 saturated heterocycles. The topological polar surface area (TPSA) is 92.9 Å². The highest BCUT2D eigenvalue weighted by atomic mass is 16.6. The summed E-state index contributed by atoms with van der Waals surface area (Å²) in [6, 6.07) is 5.29. The van der Waals surface area contributed by atoms with Crippen LogP contribution in [0, 0.1) is 0 Å². The number of nitrogens with zero attached hydrogens (tertiary/aromatic N) is 1. The number of carbonyl (C=O) groups is 2. The van der Waals surface area contributed by atoms with E-state index in [1.807, 2.05) is 39.0 Å². The van der Waals surface area contributed by atoms with Crippen LogP contribution in [-0.4, -0.2) is 29.3 Å². The van der Waals surface area contributed by atoms with E-state index in [1.54, 1.807) is 4.90 Å². The molecule has 126 valence electrons. The van der Waals surface area contributed by atoms with Crippen LogP contribution >= 0.6 is 0 Å². The smallest absolute Gasteiger partial charge is 0.414 e. The summed E-state index contributed by atoms with van der Waals surface area (Å²) in [4.78, 5) is 24.8. The molecule has 0 aliphatic carbocycles. The minimum atomic E-state index is -0.878. The van der Waals surface area contributed by atoms with Crippen LogP contribution in [0.25, 0.3) is 0 Å². The van der Waals surface area contributed by atoms with Crippen molar-refractivity contribution in [2.45, 2.75) is 51.7 Å². The van der Waals surface area contributed by atoms with Gasteiger partial charge in [-0.2, -0.15) is 0 Å². The van der Waals surface area contributed by atoms with Crippen molar-refractivity contribution in [2.75, 3.05) is 11.4 Å². The molecule has 0 saturated carbocycles. The van der Waals surface area contributed by atoms with Crippen LogP contribution < -0.4 is 10.6 Å². The molecule has 3 N–H and O–H groups in total. The highest BCUT2D eigenvalue weighted by Crippen LogP contribution is 2.36. The maximum atomic E-state index is 12.4. The Balaban J connectivity index is 2.26. The van der Waals surface area contributed by atoms with Crippen molar-refractivity contribution in [3.05, 3.63) is 29.3 Å². The van der Waals surface area contributed by atoms with E-state index in [2.05, 4.69) is 0 Å². The quantitative estimate of drug-likeness (QED) is 0.890. The Morgan fingerprint density at radius 1 is 1.39 bits per heavy atom. The molecule has 0 bridgehead atoms. The Labute approximate surface area is 136 Å². The number of carboxylic acids is 1. The minimum absolute atomic E-state index is 0.00271. The standard InChI is InChI=1S/C17H24N2O4/c1-17(2,3)23-16(22)19-10-9-11-5-4-6-12(15(11)19)13(18)7-8-14(20)21/h4-6,13H,7-10,18H2,1-3H3,(H,20,21). The number of rotatable bonds is 4. The number of para-hydroxylation sites is 1. The molecule has 23 heavy (non-hydrogen) atoms. The summed E-state index contributed by atoms with van der Waals surface area (Å²) in [5, 5.41) is 8.83. The van der Waals surface area contributed by atoms with E-state index in [1.165, 1.54) is 0 Å². The highest BCUT2D eigenvalue weighted by molar-refractivity contribution is 5.92. The Hall–Kier alpha value is -2.08. The molecule has 0 spiro atoms. The molecule has 0 aromatic heterocycles. The molecule has 6 nitrogen and oxygen atoms in total. The number of carboxylic acid groups (broad SMARTS) is 1. The fraction of sp³-hybridized carbons (Fsp3) is 0.529. The summed E-state index contributed by atoms with van der Waals surface area (Å²) in [5.74, 6) is -0.878. The zero-order chi connectivity index (χ0) is 17.2. The van der Waals surface area contributed by atoms with Crippen molar-refractivity contribution in [3.63, 3.8) is 0 Å². The largest absolute Gasteiger partial charge is 0.481 e. The van der Waals surface area contributed by atoms with E-state index in [9.17, 15) is 9.59 Å². The summed E-state index contributed by atoms with van der Waals surface area (Å²) >= 11 is 0. The monoisotopic (exact) mass is 320 g/mol. The fourth-order valence-electron chi connectivity index (χ4n) is 2.72. The third kappa shape index (κ3) is 4.22. The maximum Gasteiger partial charge on any atom is 0.414 e. The predicted molar refractivity (Wildman–Crippen MR) is 87.5 cm³/mol. The van der Waals surface area contributed by atoms with Gasteiger partial charge in [0.05, 0.1) is 5.69 Å². The van der Waals surface area contributed by atoms with E-state index in [0.717, 1.165) is 23.2 Å². The first-order valence-corrected chi connectivity index (χ1v) is 7.78. The van der Waals surface area contributed by atoms with Crippen LogP contribution in [0.15, 0.2) is 18.2 Å². The van der Waals surface area contributed by atoms with Crippen LogP contribution in [0.3, 0.4) is 0 Å². The molecular weight excluding hydrogens is 296 g/mol. The Morgan fingerprint density at radius 3 is 2.70 bits per heavy atom. The second-order valence-electron chi connectivity index (χ2n) is 6.78. The molecule has 2 rings (SSSR count). The fourth-order valence-corrected chi connectivity index (χ4v) is 2.72. The van der Waals surface area contributed by atoms with Crippen LogP contribution in [0.1, 0.15) is 50.8 Å². The van der Waals surface area contributed by atoms with Crippen LogP contribution in [0.4, 0.5) is 10.5 Å². The highest BCUT2D eigenvalue weighted by Gasteiger charge is 2.32. The molecule has 1 aliphatic heterocycles. The first-order chi connectivity index (χ1) is 10.7. The molecule has 0 radical (unpaired) electrons. The van der Waals surface area contributed by atoms with Gasteiger partial charge in [-0.05, 0) is 44.7 Å². The van der Waals surface area contributed by atoms with Gasteiger partial charge in [-0.1, -0.05) is 18.2 Å². The molecule has 0 fully saturated rings. The average Bonchev–Trinajstić information content (AvgIpc) is 2.86. The third-order valence-electron chi connectivity index (χ3n) is 3.71. The molecule has 1 aromatic carbocycles. The van der Waals surface area contributed by atoms with Crippen molar-refractivity contribution in [3.8, 4) is 0 Å². The number of ether oxygens (including phenoxy) is 1. The molecule has 1 amide bonds. The van der Waals surface area contributed by atoms with Gasteiger partial charge in [-0.25, -0.2) is 4.79 Å². The lowest BCUT2D eigenvalue weighted by atomic mass is 9.98. The summed E-state index contributed by atoms with van der Waals surface area (Å²) in [5.41, 5.74) is 8.21. The van der Waals surface area contributed by atoms with Crippen LogP contribution in [-0.2, 0) is 16.0 Å². The van der Waals surface area contributed by atoms with Crippen molar-refractivity contribution >= 4 is 17.7 Å². The van der Waals surface area contributed by atoms with Crippen molar-refractivity contribution in [1.29, 1.82) is 0 Å². The molecule has 1 unspecified atom stereocenters. The average molecular weight is 320 g/mol. The number of benzene rings is 1. The number of amides is 1. The molecular formula is C17H24N2O4. The lowest BCUT2D eigenvalue weighted by Crippen LogP contribution is -2.36. The number of carbonyl (C=O) groups excluding carboxylic acids is 1.